The minimum absolute atomic E-state index is 0.378. The monoisotopic (exact) mass is 267 g/mol. The number of aliphatic hydroxyl groups is 1. The van der Waals surface area contributed by atoms with Gasteiger partial charge in [0.1, 0.15) is 5.75 Å². The molecule has 2 atom stereocenters. The molecule has 19 heavy (non-hydrogen) atoms. The topological polar surface area (TPSA) is 50.7 Å². The Labute approximate surface area is 115 Å². The van der Waals surface area contributed by atoms with Gasteiger partial charge in [-0.15, -0.1) is 0 Å². The molecule has 0 aliphatic rings. The van der Waals surface area contributed by atoms with Crippen LogP contribution in [0.1, 0.15) is 18.9 Å². The molecule has 0 radical (unpaired) electrons. The van der Waals surface area contributed by atoms with E-state index < -0.39 is 0 Å². The molecule has 0 aliphatic heterocycles. The molecular weight excluding hydrogens is 242 g/mol. The van der Waals surface area contributed by atoms with Gasteiger partial charge >= 0.3 is 0 Å². The van der Waals surface area contributed by atoms with E-state index in [0.29, 0.717) is 19.1 Å². The van der Waals surface area contributed by atoms with Gasteiger partial charge in [-0.05, 0) is 44.0 Å². The molecule has 1 aromatic carbocycles. The zero-order valence-electron chi connectivity index (χ0n) is 12.1. The third-order valence-electron chi connectivity index (χ3n) is 3.03. The number of nitrogens with one attached hydrogen (secondary N) is 1. The van der Waals surface area contributed by atoms with Gasteiger partial charge in [0.25, 0.3) is 0 Å². The van der Waals surface area contributed by atoms with Crippen LogP contribution in [0.15, 0.2) is 24.3 Å². The summed E-state index contributed by atoms with van der Waals surface area (Å²) in [5, 5.41) is 12.9. The Balaban J connectivity index is 2.24. The number of methoxy groups -OCH3 is 2. The van der Waals surface area contributed by atoms with Gasteiger partial charge in [-0.2, -0.15) is 0 Å². The summed E-state index contributed by atoms with van der Waals surface area (Å²) in [5.74, 6) is 0.882. The lowest BCUT2D eigenvalue weighted by molar-refractivity contribution is 0.0591. The summed E-state index contributed by atoms with van der Waals surface area (Å²) in [6.45, 7) is 3.34. The molecule has 0 heterocycles. The van der Waals surface area contributed by atoms with Gasteiger partial charge in [0, 0.05) is 13.2 Å². The minimum atomic E-state index is -0.384. The van der Waals surface area contributed by atoms with Crippen LogP contribution in [0, 0.1) is 0 Å². The van der Waals surface area contributed by atoms with Crippen LogP contribution in [-0.2, 0) is 11.2 Å². The van der Waals surface area contributed by atoms with E-state index in [1.807, 2.05) is 12.1 Å². The highest BCUT2D eigenvalue weighted by Gasteiger charge is 2.06. The molecular formula is C15H25NO3. The molecule has 0 aliphatic carbocycles. The van der Waals surface area contributed by atoms with Gasteiger partial charge in [-0.3, -0.25) is 0 Å². The largest absolute Gasteiger partial charge is 0.497 e. The summed E-state index contributed by atoms with van der Waals surface area (Å²) in [7, 11) is 3.27. The number of ether oxygens (including phenoxy) is 2. The molecule has 1 rings (SSSR count). The lowest BCUT2D eigenvalue weighted by Gasteiger charge is -2.16. The Morgan fingerprint density at radius 1 is 1.21 bits per heavy atom. The van der Waals surface area contributed by atoms with Crippen LogP contribution in [0.4, 0.5) is 0 Å². The predicted molar refractivity (Wildman–Crippen MR) is 76.7 cm³/mol. The first-order chi connectivity index (χ1) is 9.15. The molecule has 0 saturated carbocycles. The van der Waals surface area contributed by atoms with Gasteiger partial charge in [-0.25, -0.2) is 0 Å². The molecule has 0 aromatic heterocycles. The average Bonchev–Trinajstić information content (AvgIpc) is 2.40. The first-order valence-corrected chi connectivity index (χ1v) is 6.69. The summed E-state index contributed by atoms with van der Waals surface area (Å²) < 4.78 is 10.0. The highest BCUT2D eigenvalue weighted by Crippen LogP contribution is 2.12. The van der Waals surface area contributed by atoms with Crippen molar-refractivity contribution in [2.45, 2.75) is 31.9 Å². The zero-order chi connectivity index (χ0) is 14.1. The van der Waals surface area contributed by atoms with E-state index in [4.69, 9.17) is 9.47 Å². The summed E-state index contributed by atoms with van der Waals surface area (Å²) in [6, 6.07) is 8.49. The first-order valence-electron chi connectivity index (χ1n) is 6.69. The lowest BCUT2D eigenvalue weighted by atomic mass is 10.1. The van der Waals surface area contributed by atoms with E-state index in [1.54, 1.807) is 14.2 Å². The third kappa shape index (κ3) is 6.57. The molecule has 0 amide bonds. The van der Waals surface area contributed by atoms with Crippen LogP contribution in [0.3, 0.4) is 0 Å². The predicted octanol–water partition coefficient (Wildman–Crippen LogP) is 1.61. The first kappa shape index (κ1) is 16.0. The summed E-state index contributed by atoms with van der Waals surface area (Å²) >= 11 is 0. The molecule has 0 saturated heterocycles. The smallest absolute Gasteiger partial charge is 0.118 e. The van der Waals surface area contributed by atoms with Crippen molar-refractivity contribution in [1.29, 1.82) is 0 Å². The number of benzene rings is 1. The van der Waals surface area contributed by atoms with Gasteiger partial charge in [0.2, 0.25) is 0 Å². The maximum Gasteiger partial charge on any atom is 0.118 e. The van der Waals surface area contributed by atoms with E-state index in [-0.39, 0.29) is 6.10 Å². The minimum Gasteiger partial charge on any atom is -0.497 e. The Morgan fingerprint density at radius 2 is 1.89 bits per heavy atom. The molecule has 4 heteroatoms. The number of aliphatic hydroxyl groups excluding tert-OH is 1. The second-order valence-corrected chi connectivity index (χ2v) is 4.81. The second-order valence-electron chi connectivity index (χ2n) is 4.81. The molecule has 2 N–H and O–H groups in total. The molecule has 1 aromatic rings. The van der Waals surface area contributed by atoms with Crippen molar-refractivity contribution in [3.8, 4) is 5.75 Å². The van der Waals surface area contributed by atoms with Crippen LogP contribution in [-0.4, -0.2) is 44.6 Å². The van der Waals surface area contributed by atoms with Crippen molar-refractivity contribution in [1.82, 2.24) is 5.32 Å². The number of hydrogen-bond donors (Lipinski definition) is 2. The van der Waals surface area contributed by atoms with Crippen molar-refractivity contribution >= 4 is 0 Å². The van der Waals surface area contributed by atoms with Gasteiger partial charge in [0.15, 0.2) is 0 Å². The van der Waals surface area contributed by atoms with E-state index in [2.05, 4.69) is 24.4 Å². The Hall–Kier alpha value is -1.10. The van der Waals surface area contributed by atoms with Crippen LogP contribution < -0.4 is 10.1 Å². The molecule has 0 fully saturated rings. The highest BCUT2D eigenvalue weighted by molar-refractivity contribution is 5.27. The van der Waals surface area contributed by atoms with Gasteiger partial charge < -0.3 is 19.9 Å². The van der Waals surface area contributed by atoms with Crippen molar-refractivity contribution in [3.05, 3.63) is 29.8 Å². The molecule has 0 bridgehead atoms. The molecule has 0 spiro atoms. The third-order valence-corrected chi connectivity index (χ3v) is 3.03. The fraction of sp³-hybridized carbons (Fsp3) is 0.600. The summed E-state index contributed by atoms with van der Waals surface area (Å²) in [4.78, 5) is 0. The number of rotatable bonds is 9. The van der Waals surface area contributed by atoms with Crippen LogP contribution in [0.2, 0.25) is 0 Å². The Bertz CT molecular complexity index is 340. The molecule has 4 nitrogen and oxygen atoms in total. The van der Waals surface area contributed by atoms with Crippen molar-refractivity contribution < 1.29 is 14.6 Å². The highest BCUT2D eigenvalue weighted by atomic mass is 16.5. The van der Waals surface area contributed by atoms with E-state index in [1.165, 1.54) is 5.56 Å². The average molecular weight is 267 g/mol. The van der Waals surface area contributed by atoms with Crippen molar-refractivity contribution in [2.75, 3.05) is 27.4 Å². The maximum atomic E-state index is 9.53. The maximum absolute atomic E-state index is 9.53. The van der Waals surface area contributed by atoms with Crippen molar-refractivity contribution in [3.63, 3.8) is 0 Å². The van der Waals surface area contributed by atoms with Crippen molar-refractivity contribution in [2.24, 2.45) is 0 Å². The van der Waals surface area contributed by atoms with E-state index in [0.717, 1.165) is 18.7 Å². The van der Waals surface area contributed by atoms with Crippen LogP contribution in [0.25, 0.3) is 0 Å². The number of hydrogen-bond acceptors (Lipinski definition) is 4. The van der Waals surface area contributed by atoms with Gasteiger partial charge in [-0.1, -0.05) is 12.1 Å². The summed E-state index contributed by atoms with van der Waals surface area (Å²) in [6.07, 6.45) is 1.29. The SMILES string of the molecule is COCC(O)CCNC(C)Cc1ccc(OC)cc1. The van der Waals surface area contributed by atoms with E-state index in [9.17, 15) is 5.11 Å². The lowest BCUT2D eigenvalue weighted by Crippen LogP contribution is -2.31. The fourth-order valence-electron chi connectivity index (χ4n) is 1.96. The Kier molecular flexibility index (Phi) is 7.48. The zero-order valence-corrected chi connectivity index (χ0v) is 12.1. The van der Waals surface area contributed by atoms with Crippen LogP contribution >= 0.6 is 0 Å². The van der Waals surface area contributed by atoms with Gasteiger partial charge in [0.05, 0.1) is 19.8 Å². The normalized spacial score (nSPS) is 14.1. The second kappa shape index (κ2) is 8.91. The molecule has 108 valence electrons. The quantitative estimate of drug-likeness (QED) is 0.714. The Morgan fingerprint density at radius 3 is 2.47 bits per heavy atom. The van der Waals surface area contributed by atoms with E-state index >= 15 is 0 Å². The van der Waals surface area contributed by atoms with Crippen LogP contribution in [0.5, 0.6) is 5.75 Å². The molecule has 2 unspecified atom stereocenters. The standard InChI is InChI=1S/C15H25NO3/c1-12(16-9-8-14(17)11-18-2)10-13-4-6-15(19-3)7-5-13/h4-7,12,14,16-17H,8-11H2,1-3H3. The fourth-order valence-corrected chi connectivity index (χ4v) is 1.96. The summed E-state index contributed by atoms with van der Waals surface area (Å²) in [5.41, 5.74) is 1.28.